The van der Waals surface area contributed by atoms with Crippen LogP contribution in [0.3, 0.4) is 0 Å². The number of ether oxygens (including phenoxy) is 1. The summed E-state index contributed by atoms with van der Waals surface area (Å²) in [6.45, 7) is -0.677. The molecule has 0 unspecified atom stereocenters. The maximum absolute atomic E-state index is 13.4. The van der Waals surface area contributed by atoms with Crippen LogP contribution < -0.4 is 5.32 Å². The third-order valence-corrected chi connectivity index (χ3v) is 5.41. The minimum absolute atomic E-state index is 0.0110. The summed E-state index contributed by atoms with van der Waals surface area (Å²) in [5.74, 6) is -3.44. The summed E-state index contributed by atoms with van der Waals surface area (Å²) >= 11 is 0. The molecule has 0 atom stereocenters. The number of anilines is 1. The Bertz CT molecular complexity index is 1340. The molecule has 0 aromatic heterocycles. The van der Waals surface area contributed by atoms with Crippen LogP contribution in [-0.2, 0) is 14.3 Å². The zero-order valence-corrected chi connectivity index (χ0v) is 18.2. The lowest BCUT2D eigenvalue weighted by Gasteiger charge is -2.27. The number of halogens is 1. The summed E-state index contributed by atoms with van der Waals surface area (Å²) in [7, 11) is 0. The lowest BCUT2D eigenvalue weighted by molar-refractivity contribution is -0.387. The van der Waals surface area contributed by atoms with E-state index in [1.165, 1.54) is 0 Å². The molecule has 3 aromatic rings. The Morgan fingerprint density at radius 1 is 1.03 bits per heavy atom. The van der Waals surface area contributed by atoms with Crippen molar-refractivity contribution in [3.63, 3.8) is 0 Å². The number of imide groups is 1. The average Bonchev–Trinajstić information content (AvgIpc) is 2.84. The van der Waals surface area contributed by atoms with E-state index in [0.29, 0.717) is 16.5 Å². The molecule has 3 aromatic carbocycles. The van der Waals surface area contributed by atoms with Gasteiger partial charge in [-0.25, -0.2) is 0 Å². The molecule has 11 heteroatoms. The second-order valence-electron chi connectivity index (χ2n) is 7.71. The quantitative estimate of drug-likeness (QED) is 0.226. The first-order chi connectivity index (χ1) is 16.8. The van der Waals surface area contributed by atoms with E-state index in [-0.39, 0.29) is 25.1 Å². The van der Waals surface area contributed by atoms with E-state index in [2.05, 4.69) is 5.32 Å². The summed E-state index contributed by atoms with van der Waals surface area (Å²) in [5.41, 5.74) is -0.00649. The number of nitro groups is 1. The van der Waals surface area contributed by atoms with Gasteiger partial charge >= 0.3 is 11.7 Å². The second-order valence-corrected chi connectivity index (χ2v) is 7.71. The predicted octanol–water partition coefficient (Wildman–Crippen LogP) is 3.45. The molecule has 0 radical (unpaired) electrons. The number of hydrogen-bond donors (Lipinski definition) is 1. The van der Waals surface area contributed by atoms with E-state index in [0.717, 1.165) is 28.5 Å². The largest absolute Gasteiger partial charge is 0.456 e. The summed E-state index contributed by atoms with van der Waals surface area (Å²) < 4.78 is 18.2. The van der Waals surface area contributed by atoms with Crippen LogP contribution in [0.5, 0.6) is 0 Å². The van der Waals surface area contributed by atoms with Gasteiger partial charge in [0.1, 0.15) is 0 Å². The highest BCUT2D eigenvalue weighted by atomic mass is 19.1. The fourth-order valence-corrected chi connectivity index (χ4v) is 3.81. The van der Waals surface area contributed by atoms with Crippen LogP contribution >= 0.6 is 0 Å². The number of rotatable bonds is 8. The SMILES string of the molecule is O=C(COC(=O)CCCN1C(=O)c2cccc3cccc(c23)C1=O)Nc1ccc(F)c([N+](=O)[O-])c1. The van der Waals surface area contributed by atoms with Crippen molar-refractivity contribution >= 4 is 45.8 Å². The number of carbonyl (C=O) groups is 4. The fourth-order valence-electron chi connectivity index (χ4n) is 3.81. The van der Waals surface area contributed by atoms with Crippen LogP contribution in [0.15, 0.2) is 54.6 Å². The van der Waals surface area contributed by atoms with E-state index in [1.54, 1.807) is 24.3 Å². The molecule has 0 fully saturated rings. The number of nitro benzene ring substituents is 1. The highest BCUT2D eigenvalue weighted by Gasteiger charge is 2.32. The Morgan fingerprint density at radius 3 is 2.31 bits per heavy atom. The van der Waals surface area contributed by atoms with Gasteiger partial charge in [-0.15, -0.1) is 0 Å². The van der Waals surface area contributed by atoms with Crippen molar-refractivity contribution < 1.29 is 33.2 Å². The minimum atomic E-state index is -1.05. The number of nitrogens with one attached hydrogen (secondary N) is 1. The average molecular weight is 479 g/mol. The number of benzene rings is 3. The molecule has 35 heavy (non-hydrogen) atoms. The number of amides is 3. The number of nitrogens with zero attached hydrogens (tertiary/aromatic N) is 2. The van der Waals surface area contributed by atoms with E-state index < -0.39 is 46.7 Å². The molecular formula is C24H18FN3O7. The molecule has 0 spiro atoms. The standard InChI is InChI=1S/C24H18FN3O7/c25-18-10-9-15(12-19(18)28(33)34)26-20(29)13-35-21(30)8-3-11-27-23(31)16-6-1-4-14-5-2-7-17(22(14)16)24(27)32/h1-2,4-7,9-10,12H,3,8,11,13H2,(H,26,29). The second kappa shape index (κ2) is 9.67. The van der Waals surface area contributed by atoms with Crippen LogP contribution in [0.25, 0.3) is 10.8 Å². The Hall–Kier alpha value is -4.67. The summed E-state index contributed by atoms with van der Waals surface area (Å²) in [6.07, 6.45) is -0.0293. The molecule has 10 nitrogen and oxygen atoms in total. The minimum Gasteiger partial charge on any atom is -0.456 e. The Labute approximate surface area is 197 Å². The number of esters is 1. The first-order valence-electron chi connectivity index (χ1n) is 10.5. The van der Waals surface area contributed by atoms with Gasteiger partial charge in [-0.2, -0.15) is 4.39 Å². The Balaban J connectivity index is 1.28. The molecule has 0 saturated heterocycles. The van der Waals surface area contributed by atoms with Gasteiger partial charge in [0, 0.05) is 41.2 Å². The highest BCUT2D eigenvalue weighted by molar-refractivity contribution is 6.25. The van der Waals surface area contributed by atoms with Crippen LogP contribution in [0.1, 0.15) is 33.6 Å². The van der Waals surface area contributed by atoms with Crippen LogP contribution in [-0.4, -0.2) is 46.7 Å². The third-order valence-electron chi connectivity index (χ3n) is 5.41. The molecule has 1 aliphatic rings. The van der Waals surface area contributed by atoms with Gasteiger partial charge in [0.05, 0.1) is 4.92 Å². The number of carbonyl (C=O) groups excluding carboxylic acids is 4. The van der Waals surface area contributed by atoms with Gasteiger partial charge in [-0.05, 0) is 36.1 Å². The smallest absolute Gasteiger partial charge is 0.306 e. The van der Waals surface area contributed by atoms with Crippen molar-refractivity contribution in [3.05, 3.63) is 81.7 Å². The Kier molecular flexibility index (Phi) is 6.49. The maximum Gasteiger partial charge on any atom is 0.306 e. The maximum atomic E-state index is 13.4. The van der Waals surface area contributed by atoms with Gasteiger partial charge < -0.3 is 10.1 Å². The highest BCUT2D eigenvalue weighted by Crippen LogP contribution is 2.30. The Morgan fingerprint density at radius 2 is 1.69 bits per heavy atom. The summed E-state index contributed by atoms with van der Waals surface area (Å²) in [6, 6.07) is 13.2. The lowest BCUT2D eigenvalue weighted by atomic mass is 9.94. The molecule has 1 heterocycles. The van der Waals surface area contributed by atoms with Crippen LogP contribution in [0.4, 0.5) is 15.8 Å². The molecule has 3 amide bonds. The van der Waals surface area contributed by atoms with Crippen molar-refractivity contribution in [1.82, 2.24) is 4.90 Å². The fraction of sp³-hybridized carbons (Fsp3) is 0.167. The van der Waals surface area contributed by atoms with E-state index in [1.807, 2.05) is 12.1 Å². The van der Waals surface area contributed by atoms with Gasteiger partial charge in [0.2, 0.25) is 5.82 Å². The molecule has 1 aliphatic heterocycles. The van der Waals surface area contributed by atoms with Gasteiger partial charge in [0.25, 0.3) is 17.7 Å². The first-order valence-corrected chi connectivity index (χ1v) is 10.5. The molecule has 0 bridgehead atoms. The van der Waals surface area contributed by atoms with Gasteiger partial charge in [0.15, 0.2) is 6.61 Å². The van der Waals surface area contributed by atoms with Crippen LogP contribution in [0.2, 0.25) is 0 Å². The van der Waals surface area contributed by atoms with Crippen molar-refractivity contribution in [2.24, 2.45) is 0 Å². The van der Waals surface area contributed by atoms with Gasteiger partial charge in [-0.3, -0.25) is 34.2 Å². The third kappa shape index (κ3) is 4.83. The van der Waals surface area contributed by atoms with Crippen molar-refractivity contribution in [3.8, 4) is 0 Å². The predicted molar refractivity (Wildman–Crippen MR) is 121 cm³/mol. The van der Waals surface area contributed by atoms with Crippen molar-refractivity contribution in [1.29, 1.82) is 0 Å². The summed E-state index contributed by atoms with van der Waals surface area (Å²) in [5, 5.41) is 14.4. The topological polar surface area (TPSA) is 136 Å². The van der Waals surface area contributed by atoms with Crippen LogP contribution in [0, 0.1) is 15.9 Å². The molecule has 4 rings (SSSR count). The van der Waals surface area contributed by atoms with Crippen molar-refractivity contribution in [2.45, 2.75) is 12.8 Å². The van der Waals surface area contributed by atoms with E-state index in [9.17, 15) is 33.7 Å². The monoisotopic (exact) mass is 479 g/mol. The van der Waals surface area contributed by atoms with E-state index in [4.69, 9.17) is 4.74 Å². The van der Waals surface area contributed by atoms with Gasteiger partial charge in [-0.1, -0.05) is 24.3 Å². The molecule has 0 saturated carbocycles. The molecule has 178 valence electrons. The zero-order chi connectivity index (χ0) is 25.1. The summed E-state index contributed by atoms with van der Waals surface area (Å²) in [4.78, 5) is 60.6. The normalized spacial score (nSPS) is 12.5. The van der Waals surface area contributed by atoms with E-state index >= 15 is 0 Å². The van der Waals surface area contributed by atoms with Crippen molar-refractivity contribution in [2.75, 3.05) is 18.5 Å². The molecular weight excluding hydrogens is 461 g/mol. The first kappa shape index (κ1) is 23.5. The zero-order valence-electron chi connectivity index (χ0n) is 18.2. The molecule has 0 aliphatic carbocycles. The molecule has 1 N–H and O–H groups in total. The lowest BCUT2D eigenvalue weighted by Crippen LogP contribution is -2.41. The number of hydrogen-bond acceptors (Lipinski definition) is 7.